The number of nitrogens with zero attached hydrogens (tertiary/aromatic N) is 3. The summed E-state index contributed by atoms with van der Waals surface area (Å²) in [6.45, 7) is 7.97. The van der Waals surface area contributed by atoms with Crippen LogP contribution in [0.4, 0.5) is 35.4 Å². The minimum atomic E-state index is -4.60. The predicted molar refractivity (Wildman–Crippen MR) is 166 cm³/mol. The third-order valence-corrected chi connectivity index (χ3v) is 6.98. The lowest BCUT2D eigenvalue weighted by Crippen LogP contribution is -2.43. The molecule has 4 N–H and O–H groups in total. The van der Waals surface area contributed by atoms with Gasteiger partial charge in [0.2, 0.25) is 5.95 Å². The predicted octanol–water partition coefficient (Wildman–Crippen LogP) is 7.57. The molecule has 2 aromatic carbocycles. The second kappa shape index (κ2) is 12.3. The number of urea groups is 1. The summed E-state index contributed by atoms with van der Waals surface area (Å²) in [7, 11) is 0. The molecule has 220 valence electrons. The van der Waals surface area contributed by atoms with Crippen molar-refractivity contribution in [1.29, 1.82) is 0 Å². The zero-order valence-corrected chi connectivity index (χ0v) is 25.8. The summed E-state index contributed by atoms with van der Waals surface area (Å²) in [4.78, 5) is 39.1. The van der Waals surface area contributed by atoms with Gasteiger partial charge in [0, 0.05) is 43.9 Å². The average Bonchev–Trinajstić information content (AvgIpc) is 2.89. The van der Waals surface area contributed by atoms with Gasteiger partial charge in [-0.1, -0.05) is 17.7 Å². The number of carbonyl (C=O) groups is 2. The fourth-order valence-electron chi connectivity index (χ4n) is 3.90. The van der Waals surface area contributed by atoms with E-state index in [9.17, 15) is 22.8 Å². The number of anilines is 3. The first-order chi connectivity index (χ1) is 19.7. The summed E-state index contributed by atoms with van der Waals surface area (Å²) in [6.07, 6.45) is -3.03. The summed E-state index contributed by atoms with van der Waals surface area (Å²) in [5.74, 6) is -0.270. The Morgan fingerprint density at radius 2 is 1.76 bits per heavy atom. The maximum Gasteiger partial charge on any atom is 0.416 e. The Balaban J connectivity index is 1.80. The van der Waals surface area contributed by atoms with Gasteiger partial charge >= 0.3 is 12.2 Å². The van der Waals surface area contributed by atoms with E-state index in [4.69, 9.17) is 11.6 Å². The van der Waals surface area contributed by atoms with E-state index < -0.39 is 29.2 Å². The summed E-state index contributed by atoms with van der Waals surface area (Å²) in [5.41, 5.74) is -0.374. The molecule has 0 bridgehead atoms. The van der Waals surface area contributed by atoms with Crippen molar-refractivity contribution in [2.45, 2.75) is 39.4 Å². The highest BCUT2D eigenvalue weighted by Crippen LogP contribution is 2.41. The molecule has 4 aromatic rings. The van der Waals surface area contributed by atoms with Crippen LogP contribution in [0.3, 0.4) is 0 Å². The molecule has 0 aliphatic rings. The number of alkyl halides is 3. The highest BCUT2D eigenvalue weighted by Gasteiger charge is 2.31. The Morgan fingerprint density at radius 1 is 1.02 bits per heavy atom. The van der Waals surface area contributed by atoms with Gasteiger partial charge in [-0.05, 0) is 86.7 Å². The molecular weight excluding hydrogens is 686 g/mol. The molecular formula is C28H26ClF3IN7O2. The molecule has 0 aliphatic carbocycles. The lowest BCUT2D eigenvalue weighted by molar-refractivity contribution is -0.137. The van der Waals surface area contributed by atoms with E-state index in [1.54, 1.807) is 24.4 Å². The number of amides is 3. The maximum absolute atomic E-state index is 13.2. The van der Waals surface area contributed by atoms with Crippen LogP contribution >= 0.6 is 34.2 Å². The second-order valence-corrected chi connectivity index (χ2v) is 11.7. The molecule has 2 heterocycles. The van der Waals surface area contributed by atoms with E-state index in [-0.39, 0.29) is 22.1 Å². The molecule has 3 amide bonds. The Bertz CT molecular complexity index is 1680. The molecule has 0 aliphatic heterocycles. The van der Waals surface area contributed by atoms with Crippen molar-refractivity contribution in [3.8, 4) is 11.1 Å². The average molecular weight is 712 g/mol. The Morgan fingerprint density at radius 3 is 2.43 bits per heavy atom. The summed E-state index contributed by atoms with van der Waals surface area (Å²) < 4.78 is 40.2. The van der Waals surface area contributed by atoms with Gasteiger partial charge in [0.1, 0.15) is 5.82 Å². The van der Waals surface area contributed by atoms with Crippen molar-refractivity contribution >= 4 is 74.6 Å². The van der Waals surface area contributed by atoms with E-state index in [1.807, 2.05) is 27.7 Å². The van der Waals surface area contributed by atoms with Crippen LogP contribution in [0.15, 0.2) is 48.7 Å². The fourth-order valence-corrected chi connectivity index (χ4v) is 5.11. The van der Waals surface area contributed by atoms with E-state index in [1.165, 1.54) is 6.07 Å². The SMILES string of the molecule is CCNc1ncc2cc(-c3c(I)ccc(NC(=O)c4cccc(C(F)(F)F)c4)c3Cl)c(NC(=O)NC(C)(C)C)nc2n1. The monoisotopic (exact) mass is 711 g/mol. The summed E-state index contributed by atoms with van der Waals surface area (Å²) >= 11 is 8.88. The van der Waals surface area contributed by atoms with Crippen LogP contribution in [0.25, 0.3) is 22.2 Å². The molecule has 14 heteroatoms. The third kappa shape index (κ3) is 7.37. The van der Waals surface area contributed by atoms with Crippen LogP contribution in [0.5, 0.6) is 0 Å². The van der Waals surface area contributed by atoms with E-state index >= 15 is 0 Å². The normalized spacial score (nSPS) is 11.7. The second-order valence-electron chi connectivity index (χ2n) is 10.2. The van der Waals surface area contributed by atoms with Crippen molar-refractivity contribution in [3.63, 3.8) is 0 Å². The Hall–Kier alpha value is -3.72. The van der Waals surface area contributed by atoms with Crippen LogP contribution in [0, 0.1) is 3.57 Å². The lowest BCUT2D eigenvalue weighted by atomic mass is 10.0. The first-order valence-electron chi connectivity index (χ1n) is 12.6. The van der Waals surface area contributed by atoms with Crippen molar-refractivity contribution in [3.05, 3.63) is 68.4 Å². The standard InChI is InChI=1S/C28H26ClF3IN7O2/c1-5-34-25-35-13-15-12-17(23(37-22(15)38-25)39-26(42)40-27(2,3)4)20-18(33)9-10-19(21(20)29)36-24(41)14-7-6-8-16(11-14)28(30,31)32/h6-13H,5H2,1-4H3,(H,36,41)(H3,34,35,37,38,39,40,42). The van der Waals surface area contributed by atoms with Gasteiger partial charge in [-0.3, -0.25) is 10.1 Å². The van der Waals surface area contributed by atoms with Crippen LogP contribution in [-0.4, -0.2) is 39.0 Å². The number of fused-ring (bicyclic) bond motifs is 1. The number of halogens is 5. The zero-order chi connectivity index (χ0) is 30.8. The van der Waals surface area contributed by atoms with Crippen molar-refractivity contribution in [2.75, 3.05) is 22.5 Å². The smallest absolute Gasteiger partial charge is 0.354 e. The number of carbonyl (C=O) groups excluding carboxylic acids is 2. The first kappa shape index (κ1) is 31.2. The molecule has 0 saturated carbocycles. The zero-order valence-electron chi connectivity index (χ0n) is 22.9. The topological polar surface area (TPSA) is 121 Å². The first-order valence-corrected chi connectivity index (χ1v) is 14.1. The lowest BCUT2D eigenvalue weighted by Gasteiger charge is -2.22. The number of rotatable bonds is 6. The quantitative estimate of drug-likeness (QED) is 0.153. The molecule has 4 rings (SSSR count). The van der Waals surface area contributed by atoms with Gasteiger partial charge in [0.15, 0.2) is 5.65 Å². The highest BCUT2D eigenvalue weighted by molar-refractivity contribution is 14.1. The highest BCUT2D eigenvalue weighted by atomic mass is 127. The molecule has 0 saturated heterocycles. The minimum absolute atomic E-state index is 0.0906. The minimum Gasteiger partial charge on any atom is -0.354 e. The van der Waals surface area contributed by atoms with Crippen molar-refractivity contribution in [2.24, 2.45) is 0 Å². The molecule has 42 heavy (non-hydrogen) atoms. The van der Waals surface area contributed by atoms with Gasteiger partial charge in [0.25, 0.3) is 5.91 Å². The number of benzene rings is 2. The van der Waals surface area contributed by atoms with E-state index in [0.717, 1.165) is 18.2 Å². The van der Waals surface area contributed by atoms with Gasteiger partial charge in [0.05, 0.1) is 16.3 Å². The number of hydrogen-bond acceptors (Lipinski definition) is 6. The van der Waals surface area contributed by atoms with Crippen LogP contribution in [0.2, 0.25) is 5.02 Å². The molecule has 2 aromatic heterocycles. The van der Waals surface area contributed by atoms with Gasteiger partial charge in [-0.15, -0.1) is 0 Å². The fraction of sp³-hybridized carbons (Fsp3) is 0.250. The van der Waals surface area contributed by atoms with Gasteiger partial charge in [-0.2, -0.15) is 18.2 Å². The molecule has 0 atom stereocenters. The van der Waals surface area contributed by atoms with E-state index in [0.29, 0.717) is 38.2 Å². The number of hydrogen-bond donors (Lipinski definition) is 4. The summed E-state index contributed by atoms with van der Waals surface area (Å²) in [5, 5.41) is 11.9. The number of aromatic nitrogens is 3. The van der Waals surface area contributed by atoms with Crippen molar-refractivity contribution < 1.29 is 22.8 Å². The van der Waals surface area contributed by atoms with Gasteiger partial charge in [-0.25, -0.2) is 14.8 Å². The van der Waals surface area contributed by atoms with Gasteiger partial charge < -0.3 is 16.0 Å². The maximum atomic E-state index is 13.2. The largest absolute Gasteiger partial charge is 0.416 e. The van der Waals surface area contributed by atoms with Crippen molar-refractivity contribution in [1.82, 2.24) is 20.3 Å². The van der Waals surface area contributed by atoms with Crippen LogP contribution < -0.4 is 21.3 Å². The summed E-state index contributed by atoms with van der Waals surface area (Å²) in [6, 6.07) is 8.50. The molecule has 0 unspecified atom stereocenters. The molecule has 0 fully saturated rings. The Kier molecular flexibility index (Phi) is 9.11. The molecule has 0 spiro atoms. The third-order valence-electron chi connectivity index (χ3n) is 5.68. The molecule has 0 radical (unpaired) electrons. The molecule has 9 nitrogen and oxygen atoms in total. The van der Waals surface area contributed by atoms with E-state index in [2.05, 4.69) is 58.8 Å². The van der Waals surface area contributed by atoms with Crippen LogP contribution in [0.1, 0.15) is 43.6 Å². The number of pyridine rings is 1. The number of nitrogens with one attached hydrogen (secondary N) is 4. The van der Waals surface area contributed by atoms with Crippen LogP contribution in [-0.2, 0) is 6.18 Å². The Labute approximate surface area is 258 Å².